The lowest BCUT2D eigenvalue weighted by Crippen LogP contribution is -2.22. The first-order chi connectivity index (χ1) is 12.9. The van der Waals surface area contributed by atoms with Gasteiger partial charge in [-0.15, -0.1) is 0 Å². The standard InChI is InChI=1S/C19H19Cl2N3O3/c1-10(12-5-4-11(20)6-14(12)21)22-9-18-23-15-8-17(27-3)16(26-2)7-13(15)19(25)24-18/h4-8,10,22H,9H2,1-3H3,(H,23,24,25)/t10-/m0/s1. The number of hydrogen-bond donors (Lipinski definition) is 2. The molecule has 1 aromatic heterocycles. The highest BCUT2D eigenvalue weighted by Gasteiger charge is 2.13. The predicted molar refractivity (Wildman–Crippen MR) is 107 cm³/mol. The number of aromatic amines is 1. The van der Waals surface area contributed by atoms with Gasteiger partial charge in [0.2, 0.25) is 0 Å². The number of halogens is 2. The van der Waals surface area contributed by atoms with Crippen molar-refractivity contribution < 1.29 is 9.47 Å². The van der Waals surface area contributed by atoms with Gasteiger partial charge in [0.25, 0.3) is 5.56 Å². The number of methoxy groups -OCH3 is 2. The van der Waals surface area contributed by atoms with Crippen molar-refractivity contribution in [2.75, 3.05) is 14.2 Å². The van der Waals surface area contributed by atoms with Crippen molar-refractivity contribution in [3.05, 3.63) is 62.1 Å². The number of nitrogens with zero attached hydrogens (tertiary/aromatic N) is 1. The number of ether oxygens (including phenoxy) is 2. The molecule has 0 saturated heterocycles. The quantitative estimate of drug-likeness (QED) is 0.643. The molecule has 3 aromatic rings. The minimum atomic E-state index is -0.241. The second-order valence-electron chi connectivity index (χ2n) is 6.01. The number of rotatable bonds is 6. The molecule has 0 aliphatic heterocycles. The fraction of sp³-hybridized carbons (Fsp3) is 0.263. The van der Waals surface area contributed by atoms with Crippen LogP contribution in [0.15, 0.2) is 35.1 Å². The van der Waals surface area contributed by atoms with Gasteiger partial charge in [0, 0.05) is 22.2 Å². The summed E-state index contributed by atoms with van der Waals surface area (Å²) in [6.07, 6.45) is 0. The number of nitrogens with one attached hydrogen (secondary N) is 2. The molecular formula is C19H19Cl2N3O3. The SMILES string of the molecule is COc1cc2nc(CN[C@@H](C)c3ccc(Cl)cc3Cl)[nH]c(=O)c2cc1OC. The van der Waals surface area contributed by atoms with Gasteiger partial charge in [0.15, 0.2) is 11.5 Å². The Hall–Kier alpha value is -2.28. The summed E-state index contributed by atoms with van der Waals surface area (Å²) in [7, 11) is 3.06. The summed E-state index contributed by atoms with van der Waals surface area (Å²) < 4.78 is 10.5. The van der Waals surface area contributed by atoms with Gasteiger partial charge in [-0.1, -0.05) is 29.3 Å². The average Bonchev–Trinajstić information content (AvgIpc) is 2.65. The third-order valence-corrected chi connectivity index (χ3v) is 4.83. The third-order valence-electron chi connectivity index (χ3n) is 4.26. The van der Waals surface area contributed by atoms with E-state index in [1.54, 1.807) is 24.3 Å². The maximum atomic E-state index is 12.4. The van der Waals surface area contributed by atoms with Gasteiger partial charge in [-0.05, 0) is 30.7 Å². The molecule has 1 heterocycles. The second-order valence-corrected chi connectivity index (χ2v) is 6.85. The summed E-state index contributed by atoms with van der Waals surface area (Å²) in [6, 6.07) is 8.61. The number of benzene rings is 2. The molecule has 0 saturated carbocycles. The maximum absolute atomic E-state index is 12.4. The average molecular weight is 408 g/mol. The summed E-state index contributed by atoms with van der Waals surface area (Å²) in [5.41, 5.74) is 1.20. The van der Waals surface area contributed by atoms with E-state index in [0.717, 1.165) is 5.56 Å². The summed E-state index contributed by atoms with van der Waals surface area (Å²) in [5, 5.41) is 4.90. The highest BCUT2D eigenvalue weighted by molar-refractivity contribution is 6.35. The first-order valence-corrected chi connectivity index (χ1v) is 9.01. The Kier molecular flexibility index (Phi) is 5.89. The van der Waals surface area contributed by atoms with E-state index in [4.69, 9.17) is 32.7 Å². The lowest BCUT2D eigenvalue weighted by molar-refractivity contribution is 0.355. The van der Waals surface area contributed by atoms with Crippen molar-refractivity contribution in [3.8, 4) is 11.5 Å². The molecule has 3 rings (SSSR count). The van der Waals surface area contributed by atoms with Crippen molar-refractivity contribution in [2.24, 2.45) is 0 Å². The van der Waals surface area contributed by atoms with E-state index in [9.17, 15) is 4.79 Å². The van der Waals surface area contributed by atoms with Crippen LogP contribution < -0.4 is 20.3 Å². The van der Waals surface area contributed by atoms with E-state index >= 15 is 0 Å². The number of aromatic nitrogens is 2. The monoisotopic (exact) mass is 407 g/mol. The molecule has 2 aromatic carbocycles. The van der Waals surface area contributed by atoms with Gasteiger partial charge in [-0.2, -0.15) is 0 Å². The van der Waals surface area contributed by atoms with E-state index < -0.39 is 0 Å². The fourth-order valence-electron chi connectivity index (χ4n) is 2.81. The van der Waals surface area contributed by atoms with Crippen LogP contribution in [0, 0.1) is 0 Å². The third kappa shape index (κ3) is 4.18. The van der Waals surface area contributed by atoms with Crippen LogP contribution in [0.25, 0.3) is 10.9 Å². The van der Waals surface area contributed by atoms with Gasteiger partial charge in [0.1, 0.15) is 5.82 Å². The van der Waals surface area contributed by atoms with Gasteiger partial charge in [-0.25, -0.2) is 4.98 Å². The van der Waals surface area contributed by atoms with Crippen LogP contribution in [0.4, 0.5) is 0 Å². The normalized spacial score (nSPS) is 12.2. The molecule has 0 bridgehead atoms. The number of fused-ring (bicyclic) bond motifs is 1. The summed E-state index contributed by atoms with van der Waals surface area (Å²) in [5.74, 6) is 1.51. The molecule has 8 heteroatoms. The summed E-state index contributed by atoms with van der Waals surface area (Å²) >= 11 is 12.2. The van der Waals surface area contributed by atoms with Crippen LogP contribution in [0.5, 0.6) is 11.5 Å². The van der Waals surface area contributed by atoms with Crippen LogP contribution in [-0.4, -0.2) is 24.2 Å². The van der Waals surface area contributed by atoms with Crippen molar-refractivity contribution in [2.45, 2.75) is 19.5 Å². The molecule has 0 amide bonds. The van der Waals surface area contributed by atoms with E-state index in [1.807, 2.05) is 13.0 Å². The Balaban J connectivity index is 1.85. The lowest BCUT2D eigenvalue weighted by atomic mass is 10.1. The van der Waals surface area contributed by atoms with Gasteiger partial charge in [-0.3, -0.25) is 4.79 Å². The lowest BCUT2D eigenvalue weighted by Gasteiger charge is -2.16. The van der Waals surface area contributed by atoms with Crippen LogP contribution >= 0.6 is 23.2 Å². The smallest absolute Gasteiger partial charge is 0.258 e. The summed E-state index contributed by atoms with van der Waals surface area (Å²) in [4.78, 5) is 19.7. The Labute approximate surface area is 166 Å². The number of hydrogen-bond acceptors (Lipinski definition) is 5. The van der Waals surface area contributed by atoms with Crippen LogP contribution in [0.1, 0.15) is 24.4 Å². The zero-order chi connectivity index (χ0) is 19.6. The Morgan fingerprint density at radius 3 is 2.52 bits per heavy atom. The minimum Gasteiger partial charge on any atom is -0.493 e. The van der Waals surface area contributed by atoms with Crippen LogP contribution in [-0.2, 0) is 6.54 Å². The van der Waals surface area contributed by atoms with Crippen molar-refractivity contribution in [1.82, 2.24) is 15.3 Å². The van der Waals surface area contributed by atoms with E-state index in [2.05, 4.69) is 15.3 Å². The molecule has 142 valence electrons. The van der Waals surface area contributed by atoms with Gasteiger partial charge < -0.3 is 19.8 Å². The topological polar surface area (TPSA) is 76.2 Å². The highest BCUT2D eigenvalue weighted by Crippen LogP contribution is 2.30. The Morgan fingerprint density at radius 2 is 1.85 bits per heavy atom. The molecule has 6 nitrogen and oxygen atoms in total. The minimum absolute atomic E-state index is 0.0545. The molecule has 0 unspecified atom stereocenters. The molecule has 1 atom stereocenters. The number of H-pyrrole nitrogens is 1. The van der Waals surface area contributed by atoms with E-state index in [1.165, 1.54) is 14.2 Å². The second kappa shape index (κ2) is 8.17. The van der Waals surface area contributed by atoms with Crippen molar-refractivity contribution in [3.63, 3.8) is 0 Å². The van der Waals surface area contributed by atoms with Crippen LogP contribution in [0.2, 0.25) is 10.0 Å². The molecule has 0 spiro atoms. The largest absolute Gasteiger partial charge is 0.493 e. The fourth-order valence-corrected chi connectivity index (χ4v) is 3.38. The first kappa shape index (κ1) is 19.5. The van der Waals surface area contributed by atoms with Gasteiger partial charge in [0.05, 0.1) is 31.7 Å². The predicted octanol–water partition coefficient (Wildman–Crippen LogP) is 4.10. The Bertz CT molecular complexity index is 1040. The maximum Gasteiger partial charge on any atom is 0.258 e. The summed E-state index contributed by atoms with van der Waals surface area (Å²) in [6.45, 7) is 2.34. The molecule has 0 aliphatic carbocycles. The highest BCUT2D eigenvalue weighted by atomic mass is 35.5. The van der Waals surface area contributed by atoms with Crippen molar-refractivity contribution >= 4 is 34.1 Å². The first-order valence-electron chi connectivity index (χ1n) is 8.26. The zero-order valence-electron chi connectivity index (χ0n) is 15.1. The van der Waals surface area contributed by atoms with E-state index in [-0.39, 0.29) is 11.6 Å². The molecule has 0 fully saturated rings. The molecule has 2 N–H and O–H groups in total. The molecule has 0 radical (unpaired) electrons. The Morgan fingerprint density at radius 1 is 1.15 bits per heavy atom. The van der Waals surface area contributed by atoms with Crippen molar-refractivity contribution in [1.29, 1.82) is 0 Å². The zero-order valence-corrected chi connectivity index (χ0v) is 16.6. The van der Waals surface area contributed by atoms with E-state index in [0.29, 0.717) is 44.8 Å². The molecule has 0 aliphatic rings. The molecular weight excluding hydrogens is 389 g/mol. The van der Waals surface area contributed by atoms with Gasteiger partial charge >= 0.3 is 0 Å². The van der Waals surface area contributed by atoms with Crippen LogP contribution in [0.3, 0.4) is 0 Å². The molecule has 27 heavy (non-hydrogen) atoms.